The number of pyridine rings is 1. The third-order valence-corrected chi connectivity index (χ3v) is 14.6. The molecule has 4 amide bonds. The van der Waals surface area contributed by atoms with Crippen LogP contribution in [0.5, 0.6) is 0 Å². The number of hydrazine groups is 1. The van der Waals surface area contributed by atoms with Crippen LogP contribution in [-0.4, -0.2) is 165 Å². The topological polar surface area (TPSA) is 225 Å². The van der Waals surface area contributed by atoms with Gasteiger partial charge in [0, 0.05) is 80.1 Å². The number of aromatic nitrogens is 1. The number of hydrogen-bond acceptors (Lipinski definition) is 14. The number of aliphatic hydroxyl groups is 1. The summed E-state index contributed by atoms with van der Waals surface area (Å²) in [5.41, 5.74) is 1.46. The van der Waals surface area contributed by atoms with Crippen molar-refractivity contribution >= 4 is 41.7 Å². The maximum atomic E-state index is 16.0. The number of nitrogens with two attached hydrogens (primary N) is 1. The number of halogens is 10. The minimum atomic E-state index is -5.23. The number of hydrogen-bond donors (Lipinski definition) is 6. The van der Waals surface area contributed by atoms with Gasteiger partial charge in [-0.25, -0.2) is 37.1 Å². The molecule has 3 aliphatic heterocycles. The Balaban J connectivity index is 0.0000126. The van der Waals surface area contributed by atoms with Crippen LogP contribution in [0.15, 0.2) is 65.8 Å². The van der Waals surface area contributed by atoms with Gasteiger partial charge >= 0.3 is 24.5 Å². The van der Waals surface area contributed by atoms with Crippen LogP contribution >= 0.6 is 0 Å². The third kappa shape index (κ3) is 15.9. The Morgan fingerprint density at radius 3 is 1.87 bits per heavy atom. The first kappa shape index (κ1) is 64.0. The molecule has 6 rings (SSSR count). The Labute approximate surface area is 467 Å². The monoisotopic (exact) mass is 1170 g/mol. The molecular weight excluding hydrogens is 1110 g/mol. The van der Waals surface area contributed by atoms with Crippen molar-refractivity contribution in [2.45, 2.75) is 115 Å². The number of alkyl carbamates (subject to hydrolysis) is 2. The molecule has 0 radical (unpaired) electrons. The van der Waals surface area contributed by atoms with Crippen LogP contribution in [0.1, 0.15) is 69.8 Å². The lowest BCUT2D eigenvalue weighted by molar-refractivity contribution is -0.221. The Hall–Kier alpha value is -7.22. The van der Waals surface area contributed by atoms with Crippen molar-refractivity contribution in [2.75, 3.05) is 58.5 Å². The van der Waals surface area contributed by atoms with Crippen LogP contribution in [0.4, 0.5) is 59.3 Å². The number of alkyl halides is 8. The molecule has 4 heterocycles. The second kappa shape index (κ2) is 26.8. The van der Waals surface area contributed by atoms with Gasteiger partial charge in [-0.05, 0) is 95.0 Å². The SMILES string of the molecule is COC(=O)N[C@H](C(=O)N[C@@H](Cc1ccc(C#Cc2ccc(N3CC4CCC(C3)N4C3COC3)nc2)cc1)[C@@H](O)CN(Cc1c(F)cc(C(N)=CC=NCC(F)F)cc1F)NC(=O)[C@@H](NC(=O)OC)C(C)(C)C(F)(F)F)C(C)(C)C(F)(F)F.[HH]. The number of carbonyl (C=O) groups excluding carboxylic acids is 4. The van der Waals surface area contributed by atoms with E-state index in [4.69, 9.17) is 10.5 Å². The fourth-order valence-corrected chi connectivity index (χ4v) is 9.47. The van der Waals surface area contributed by atoms with E-state index in [0.717, 1.165) is 71.5 Å². The summed E-state index contributed by atoms with van der Waals surface area (Å²) in [6, 6.07) is 5.62. The van der Waals surface area contributed by atoms with Crippen molar-refractivity contribution in [3.8, 4) is 11.8 Å². The van der Waals surface area contributed by atoms with Gasteiger partial charge in [-0.2, -0.15) is 26.3 Å². The maximum absolute atomic E-state index is 16.0. The number of carbonyl (C=O) groups is 4. The fourth-order valence-electron chi connectivity index (χ4n) is 9.47. The zero-order chi connectivity index (χ0) is 60.5. The maximum Gasteiger partial charge on any atom is 0.407 e. The lowest BCUT2D eigenvalue weighted by Gasteiger charge is -2.47. The summed E-state index contributed by atoms with van der Waals surface area (Å²) in [5, 5.41) is 18.5. The molecule has 1 aromatic heterocycles. The number of fused-ring (bicyclic) bond motifs is 2. The smallest absolute Gasteiger partial charge is 0.407 e. The van der Waals surface area contributed by atoms with Gasteiger partial charge in [0.25, 0.3) is 12.3 Å². The lowest BCUT2D eigenvalue weighted by Crippen LogP contribution is -2.63. The van der Waals surface area contributed by atoms with Gasteiger partial charge in [0.2, 0.25) is 5.91 Å². The summed E-state index contributed by atoms with van der Waals surface area (Å²) >= 11 is 0. The first-order valence-corrected chi connectivity index (χ1v) is 25.7. The lowest BCUT2D eigenvalue weighted by atomic mass is 9.82. The molecule has 3 aromatic rings. The highest BCUT2D eigenvalue weighted by atomic mass is 19.4. The molecule has 18 nitrogen and oxygen atoms in total. The van der Waals surface area contributed by atoms with Gasteiger partial charge in [0.05, 0.1) is 63.0 Å². The number of nitrogens with one attached hydrogen (secondary N) is 4. The zero-order valence-corrected chi connectivity index (χ0v) is 45.4. The Bertz CT molecular complexity index is 2830. The van der Waals surface area contributed by atoms with Gasteiger partial charge in [-0.3, -0.25) is 24.9 Å². The van der Waals surface area contributed by atoms with E-state index >= 15 is 8.78 Å². The van der Waals surface area contributed by atoms with Gasteiger partial charge < -0.3 is 45.9 Å². The number of methoxy groups -OCH3 is 2. The molecule has 2 aromatic carbocycles. The molecule has 3 fully saturated rings. The molecule has 2 unspecified atom stereocenters. The van der Waals surface area contributed by atoms with Crippen molar-refractivity contribution < 1.29 is 83.8 Å². The Morgan fingerprint density at radius 2 is 1.38 bits per heavy atom. The molecule has 0 saturated carbocycles. The normalized spacial score (nSPS) is 18.7. The van der Waals surface area contributed by atoms with Crippen LogP contribution in [0.2, 0.25) is 0 Å². The van der Waals surface area contributed by atoms with Crippen LogP contribution in [0.25, 0.3) is 5.70 Å². The number of allylic oxidation sites excluding steroid dienone is 1. The number of amides is 4. The Morgan fingerprint density at radius 1 is 0.841 bits per heavy atom. The highest BCUT2D eigenvalue weighted by Crippen LogP contribution is 2.42. The molecule has 450 valence electrons. The van der Waals surface area contributed by atoms with Gasteiger partial charge in [-0.15, -0.1) is 0 Å². The molecule has 0 spiro atoms. The first-order chi connectivity index (χ1) is 38.4. The standard InChI is InChI=1S/C54H64F10N10O8.H2/c1-51(2,53(59,60)61)45(69-49(78)80-5)47(76)68-41(19-31-10-7-30(8-11-31)9-12-32-13-16-44(67-22-32)72-24-34-14-15-35(25-72)74(34)36-28-82-29-36)42(75)27-73(71-48(77)46(70-50(79)81-6)52(3,4)54(62,63)64)26-37-38(55)20-33(21-39(37)56)40(65)17-18-66-23-43(57)58;/h7-8,10-11,13,16-18,20-22,34-36,41-43,45-46,75H,14-15,19,23-29,65H2,1-6H3,(H,68,76)(H,69,78)(H,70,79)(H,71,77);1H/t34?,35?,41-,42-,45+,46+;/m0./s1. The second-order valence-electron chi connectivity index (χ2n) is 21.0. The number of aliphatic hydroxyl groups excluding tert-OH is 1. The van der Waals surface area contributed by atoms with E-state index in [-0.39, 0.29) is 18.3 Å². The molecular formula is C54H66F10N10O8. The molecule has 82 heavy (non-hydrogen) atoms. The van der Waals surface area contributed by atoms with Crippen LogP contribution < -0.4 is 32.0 Å². The van der Waals surface area contributed by atoms with E-state index < -0.39 is 121 Å². The molecule has 6 atom stereocenters. The number of aliphatic imine (C=N–C) groups is 1. The summed E-state index contributed by atoms with van der Waals surface area (Å²) in [4.78, 5) is 65.8. The summed E-state index contributed by atoms with van der Waals surface area (Å²) in [7, 11) is 1.60. The first-order valence-electron chi connectivity index (χ1n) is 25.7. The third-order valence-electron chi connectivity index (χ3n) is 14.6. The van der Waals surface area contributed by atoms with Crippen molar-refractivity contribution in [1.82, 2.24) is 36.3 Å². The highest BCUT2D eigenvalue weighted by Gasteiger charge is 2.57. The molecule has 2 bridgehead atoms. The van der Waals surface area contributed by atoms with Crippen molar-refractivity contribution in [2.24, 2.45) is 21.6 Å². The number of piperazine rings is 1. The van der Waals surface area contributed by atoms with E-state index in [9.17, 15) is 59.4 Å². The quantitative estimate of drug-likeness (QED) is 0.0301. The number of rotatable bonds is 21. The molecule has 3 aliphatic rings. The van der Waals surface area contributed by atoms with E-state index in [0.29, 0.717) is 74.1 Å². The predicted molar refractivity (Wildman–Crippen MR) is 281 cm³/mol. The van der Waals surface area contributed by atoms with Crippen molar-refractivity contribution in [1.29, 1.82) is 0 Å². The number of ether oxygens (including phenoxy) is 3. The van der Waals surface area contributed by atoms with Gasteiger partial charge in [0.15, 0.2) is 0 Å². The van der Waals surface area contributed by atoms with E-state index in [1.165, 1.54) is 12.1 Å². The van der Waals surface area contributed by atoms with Crippen molar-refractivity contribution in [3.63, 3.8) is 0 Å². The largest absolute Gasteiger partial charge is 0.453 e. The molecule has 3 saturated heterocycles. The van der Waals surface area contributed by atoms with Crippen LogP contribution in [0.3, 0.4) is 0 Å². The minimum absolute atomic E-state index is 0. The van der Waals surface area contributed by atoms with E-state index in [1.54, 1.807) is 23.6 Å². The number of anilines is 1. The van der Waals surface area contributed by atoms with Crippen LogP contribution in [0, 0.1) is 34.3 Å². The van der Waals surface area contributed by atoms with Crippen LogP contribution in [-0.2, 0) is 36.8 Å². The van der Waals surface area contributed by atoms with Gasteiger partial charge in [0.1, 0.15) is 29.5 Å². The average Bonchev–Trinajstić information content (AvgIpc) is 3.97. The molecule has 0 aliphatic carbocycles. The average molecular weight is 1170 g/mol. The zero-order valence-electron chi connectivity index (χ0n) is 45.4. The fraction of sp³-hybridized carbons (Fsp3) is 0.519. The molecule has 28 heteroatoms. The summed E-state index contributed by atoms with van der Waals surface area (Å²) in [6.45, 7) is 2.26. The number of nitrogens with zero attached hydrogens (tertiary/aromatic N) is 5. The van der Waals surface area contributed by atoms with E-state index in [1.807, 2.05) is 22.9 Å². The summed E-state index contributed by atoms with van der Waals surface area (Å²) in [6.07, 6.45) is -13.2. The van der Waals surface area contributed by atoms with Crippen molar-refractivity contribution in [3.05, 3.63) is 100 Å². The minimum Gasteiger partial charge on any atom is -0.453 e. The summed E-state index contributed by atoms with van der Waals surface area (Å²) in [5.74, 6) is 0.815. The summed E-state index contributed by atoms with van der Waals surface area (Å²) < 4.78 is 159. The highest BCUT2D eigenvalue weighted by molar-refractivity contribution is 5.87. The van der Waals surface area contributed by atoms with Gasteiger partial charge in [-0.1, -0.05) is 24.0 Å². The van der Waals surface area contributed by atoms with E-state index in [2.05, 4.69) is 46.4 Å². The Kier molecular flexibility index (Phi) is 20.9. The number of benzene rings is 2. The predicted octanol–water partition coefficient (Wildman–Crippen LogP) is 6.24. The second-order valence-corrected chi connectivity index (χ2v) is 21.0. The molecule has 7 N–H and O–H groups in total.